The molecule has 37 heavy (non-hydrogen) atoms. The zero-order valence-corrected chi connectivity index (χ0v) is 27.7. The highest BCUT2D eigenvalue weighted by molar-refractivity contribution is 7.13. The molecule has 0 aliphatic carbocycles. The maximum absolute atomic E-state index is 10.9. The number of carbonyl (C=O) groups is 1. The first-order valence-electron chi connectivity index (χ1n) is 13.3. The zero-order valence-electron chi connectivity index (χ0n) is 24.9. The molecule has 0 saturated carbocycles. The Labute approximate surface area is 231 Å². The van der Waals surface area contributed by atoms with Crippen LogP contribution in [0.1, 0.15) is 75.8 Å². The Balaban J connectivity index is 2.24. The summed E-state index contributed by atoms with van der Waals surface area (Å²) in [5, 5.41) is 0.303. The number of aldehydes is 1. The van der Waals surface area contributed by atoms with E-state index in [1.165, 1.54) is 5.56 Å². The van der Waals surface area contributed by atoms with E-state index in [-0.39, 0.29) is 10.1 Å². The Morgan fingerprint density at radius 3 is 1.92 bits per heavy atom. The molecule has 0 aliphatic heterocycles. The fraction of sp³-hybridized carbons (Fsp3) is 0.567. The third kappa shape index (κ3) is 8.75. The highest BCUT2D eigenvalue weighted by Crippen LogP contribution is 2.39. The second-order valence-corrected chi connectivity index (χ2v) is 23.6. The van der Waals surface area contributed by atoms with Crippen LogP contribution in [0.3, 0.4) is 0 Å². The van der Waals surface area contributed by atoms with Gasteiger partial charge in [-0.05, 0) is 89.7 Å². The molecule has 0 aliphatic rings. The molecule has 0 radical (unpaired) electrons. The summed E-state index contributed by atoms with van der Waals surface area (Å²) >= 11 is 1.67. The van der Waals surface area contributed by atoms with E-state index in [1.807, 2.05) is 6.07 Å². The van der Waals surface area contributed by atoms with Crippen molar-refractivity contribution in [2.45, 2.75) is 111 Å². The van der Waals surface area contributed by atoms with Gasteiger partial charge in [-0.1, -0.05) is 54.5 Å². The lowest BCUT2D eigenvalue weighted by atomic mass is 10.1. The van der Waals surface area contributed by atoms with Crippen molar-refractivity contribution in [3.05, 3.63) is 57.3 Å². The summed E-state index contributed by atoms with van der Waals surface area (Å²) in [6.07, 6.45) is 3.34. The van der Waals surface area contributed by atoms with Gasteiger partial charge in [0.15, 0.2) is 16.6 Å². The van der Waals surface area contributed by atoms with Crippen molar-refractivity contribution in [2.75, 3.05) is 0 Å². The van der Waals surface area contributed by atoms with E-state index < -0.39 is 16.6 Å². The van der Waals surface area contributed by atoms with Crippen molar-refractivity contribution in [2.24, 2.45) is 0 Å². The van der Waals surface area contributed by atoms with Crippen molar-refractivity contribution in [3.8, 4) is 5.75 Å². The molecule has 0 saturated heterocycles. The number of allylic oxidation sites excluding steroid dienone is 2. The molecule has 1 heterocycles. The smallest absolute Gasteiger partial charge is 0.192 e. The lowest BCUT2D eigenvalue weighted by Crippen LogP contribution is -2.41. The van der Waals surface area contributed by atoms with Crippen LogP contribution in [0.2, 0.25) is 36.3 Å². The monoisotopic (exact) mass is 560 g/mol. The molecule has 4 nitrogen and oxygen atoms in total. The van der Waals surface area contributed by atoms with Crippen LogP contribution in [0.4, 0.5) is 0 Å². The lowest BCUT2D eigenvalue weighted by Gasteiger charge is -2.37. The standard InChI is InChI=1S/C30H48O4SSi2/c1-12-23(17-18-31)28-16-15-27(35-28)22-32-26-14-13-24(20-33-36(8,9)29(2,3)4)25(19-26)21-34-37(10,11)30(5,6)7/h13-19H,12,20-22H2,1-11H3/b23-17+. The van der Waals surface area contributed by atoms with Gasteiger partial charge in [0.05, 0.1) is 13.2 Å². The number of benzene rings is 1. The average Bonchev–Trinajstić information content (AvgIpc) is 3.26. The molecular formula is C30H48O4SSi2. The summed E-state index contributed by atoms with van der Waals surface area (Å²) in [4.78, 5) is 13.2. The van der Waals surface area contributed by atoms with Crippen LogP contribution in [0.25, 0.3) is 5.57 Å². The zero-order chi connectivity index (χ0) is 28.1. The van der Waals surface area contributed by atoms with E-state index in [1.54, 1.807) is 17.4 Å². The van der Waals surface area contributed by atoms with Gasteiger partial charge in [0.1, 0.15) is 18.6 Å². The molecule has 0 atom stereocenters. The summed E-state index contributed by atoms with van der Waals surface area (Å²) in [6, 6.07) is 10.4. The van der Waals surface area contributed by atoms with Gasteiger partial charge in [-0.25, -0.2) is 0 Å². The van der Waals surface area contributed by atoms with Gasteiger partial charge in [-0.2, -0.15) is 0 Å². The van der Waals surface area contributed by atoms with E-state index in [0.717, 1.165) is 39.3 Å². The maximum atomic E-state index is 10.9. The average molecular weight is 561 g/mol. The Hall–Kier alpha value is -1.52. The molecule has 0 amide bonds. The van der Waals surface area contributed by atoms with Crippen molar-refractivity contribution in [1.82, 2.24) is 0 Å². The van der Waals surface area contributed by atoms with Gasteiger partial charge in [0, 0.05) is 9.75 Å². The number of rotatable bonds is 12. The highest BCUT2D eigenvalue weighted by Gasteiger charge is 2.38. The first-order chi connectivity index (χ1) is 17.0. The van der Waals surface area contributed by atoms with E-state index in [2.05, 4.69) is 98.9 Å². The first kappa shape index (κ1) is 31.7. The van der Waals surface area contributed by atoms with Crippen molar-refractivity contribution < 1.29 is 18.4 Å². The first-order valence-corrected chi connectivity index (χ1v) is 19.9. The fourth-order valence-electron chi connectivity index (χ4n) is 3.16. The number of thiophene rings is 1. The van der Waals surface area contributed by atoms with Crippen molar-refractivity contribution in [3.63, 3.8) is 0 Å². The number of hydrogen-bond acceptors (Lipinski definition) is 5. The molecule has 2 rings (SSSR count). The van der Waals surface area contributed by atoms with Gasteiger partial charge in [-0.3, -0.25) is 4.79 Å². The molecule has 0 spiro atoms. The van der Waals surface area contributed by atoms with Gasteiger partial charge in [0.25, 0.3) is 0 Å². The quantitative estimate of drug-likeness (QED) is 0.147. The van der Waals surface area contributed by atoms with Gasteiger partial charge in [0.2, 0.25) is 0 Å². The molecule has 0 bridgehead atoms. The summed E-state index contributed by atoms with van der Waals surface area (Å²) < 4.78 is 19.4. The van der Waals surface area contributed by atoms with Gasteiger partial charge < -0.3 is 13.6 Å². The largest absolute Gasteiger partial charge is 0.488 e. The Kier molecular flexibility index (Phi) is 10.8. The molecule has 0 unspecified atom stereocenters. The maximum Gasteiger partial charge on any atom is 0.192 e. The summed E-state index contributed by atoms with van der Waals surface area (Å²) in [5.41, 5.74) is 3.36. The van der Waals surface area contributed by atoms with Crippen LogP contribution in [-0.4, -0.2) is 22.9 Å². The molecular weight excluding hydrogens is 513 g/mol. The summed E-state index contributed by atoms with van der Waals surface area (Å²) in [6.45, 7) is 26.5. The van der Waals surface area contributed by atoms with E-state index >= 15 is 0 Å². The molecule has 2 aromatic rings. The minimum absolute atomic E-state index is 0.144. The van der Waals surface area contributed by atoms with E-state index in [0.29, 0.717) is 19.8 Å². The van der Waals surface area contributed by atoms with Gasteiger partial charge >= 0.3 is 0 Å². The minimum Gasteiger partial charge on any atom is -0.488 e. The second-order valence-electron chi connectivity index (χ2n) is 12.8. The Morgan fingerprint density at radius 2 is 1.41 bits per heavy atom. The molecule has 0 fully saturated rings. The normalized spacial score (nSPS) is 13.6. The van der Waals surface area contributed by atoms with Gasteiger partial charge in [-0.15, -0.1) is 11.3 Å². The Bertz CT molecular complexity index is 1070. The summed E-state index contributed by atoms with van der Waals surface area (Å²) in [7, 11) is -3.79. The lowest BCUT2D eigenvalue weighted by molar-refractivity contribution is -0.104. The molecule has 206 valence electrons. The highest BCUT2D eigenvalue weighted by atomic mass is 32.1. The van der Waals surface area contributed by atoms with Crippen LogP contribution in [0.5, 0.6) is 5.75 Å². The van der Waals surface area contributed by atoms with Crippen LogP contribution in [0.15, 0.2) is 36.4 Å². The number of carbonyl (C=O) groups excluding carboxylic acids is 1. The summed E-state index contributed by atoms with van der Waals surface area (Å²) in [5.74, 6) is 0.832. The SMILES string of the molecule is CC/C(=C\C=O)c1ccc(COc2ccc(CO[Si](C)(C)C(C)(C)C)c(CO[Si](C)(C)C(C)(C)C)c2)s1. The molecule has 1 aromatic heterocycles. The fourth-order valence-corrected chi connectivity index (χ4v) is 6.07. The molecule has 0 N–H and O–H groups in total. The Morgan fingerprint density at radius 1 is 0.838 bits per heavy atom. The number of ether oxygens (including phenoxy) is 1. The van der Waals surface area contributed by atoms with Crippen molar-refractivity contribution in [1.29, 1.82) is 0 Å². The third-order valence-corrected chi connectivity index (χ3v) is 18.1. The second kappa shape index (κ2) is 12.6. The molecule has 1 aromatic carbocycles. The minimum atomic E-state index is -1.91. The van der Waals surface area contributed by atoms with E-state index in [9.17, 15) is 4.79 Å². The predicted molar refractivity (Wildman–Crippen MR) is 163 cm³/mol. The van der Waals surface area contributed by atoms with Crippen LogP contribution in [-0.2, 0) is 33.5 Å². The third-order valence-electron chi connectivity index (χ3n) is 7.98. The predicted octanol–water partition coefficient (Wildman–Crippen LogP) is 9.36. The molecule has 7 heteroatoms. The number of hydrogen-bond donors (Lipinski definition) is 0. The van der Waals surface area contributed by atoms with Crippen molar-refractivity contribution >= 4 is 39.8 Å². The van der Waals surface area contributed by atoms with E-state index in [4.69, 9.17) is 13.6 Å². The van der Waals surface area contributed by atoms with Crippen LogP contribution < -0.4 is 4.74 Å². The topological polar surface area (TPSA) is 44.8 Å². The van der Waals surface area contributed by atoms with Crippen LogP contribution >= 0.6 is 11.3 Å². The van der Waals surface area contributed by atoms with Crippen LogP contribution in [0, 0.1) is 0 Å².